The molecule has 5 rings (SSSR count). The van der Waals surface area contributed by atoms with Gasteiger partial charge in [-0.3, -0.25) is 9.89 Å². The van der Waals surface area contributed by atoms with E-state index in [4.69, 9.17) is 4.74 Å². The number of fused-ring (bicyclic) bond motifs is 1. The van der Waals surface area contributed by atoms with Gasteiger partial charge in [0.05, 0.1) is 13.4 Å². The minimum atomic E-state index is -0.146. The molecular formula is C22H28N6O2. The Morgan fingerprint density at radius 2 is 2.03 bits per heavy atom. The first kappa shape index (κ1) is 19.1. The van der Waals surface area contributed by atoms with Gasteiger partial charge in [-0.25, -0.2) is 4.98 Å². The first-order chi connectivity index (χ1) is 14.7. The first-order valence-corrected chi connectivity index (χ1v) is 10.7. The number of anilines is 1. The molecule has 2 aromatic heterocycles. The van der Waals surface area contributed by atoms with Gasteiger partial charge in [0.25, 0.3) is 5.56 Å². The van der Waals surface area contributed by atoms with Gasteiger partial charge in [-0.05, 0) is 42.4 Å². The molecule has 1 unspecified atom stereocenters. The average molecular weight is 409 g/mol. The summed E-state index contributed by atoms with van der Waals surface area (Å²) in [7, 11) is 1.69. The van der Waals surface area contributed by atoms with Crippen LogP contribution in [0.1, 0.15) is 37.7 Å². The third kappa shape index (κ3) is 3.35. The summed E-state index contributed by atoms with van der Waals surface area (Å²) < 4.78 is 5.27. The van der Waals surface area contributed by atoms with E-state index < -0.39 is 0 Å². The Morgan fingerprint density at radius 3 is 2.80 bits per heavy atom. The number of aromatic amines is 2. The van der Waals surface area contributed by atoms with Gasteiger partial charge in [0.1, 0.15) is 11.1 Å². The van der Waals surface area contributed by atoms with Crippen LogP contribution in [-0.2, 0) is 6.54 Å². The van der Waals surface area contributed by atoms with Crippen LogP contribution >= 0.6 is 0 Å². The van der Waals surface area contributed by atoms with Crippen molar-refractivity contribution >= 4 is 16.9 Å². The predicted octanol–water partition coefficient (Wildman–Crippen LogP) is 2.58. The Labute approximate surface area is 175 Å². The molecule has 8 heteroatoms. The van der Waals surface area contributed by atoms with E-state index in [0.717, 1.165) is 31.8 Å². The van der Waals surface area contributed by atoms with E-state index in [-0.39, 0.29) is 5.56 Å². The van der Waals surface area contributed by atoms with E-state index in [1.54, 1.807) is 7.11 Å². The van der Waals surface area contributed by atoms with E-state index in [2.05, 4.69) is 42.5 Å². The summed E-state index contributed by atoms with van der Waals surface area (Å²) in [5.74, 6) is 1.59. The zero-order valence-electron chi connectivity index (χ0n) is 17.3. The molecule has 30 heavy (non-hydrogen) atoms. The Hall–Kier alpha value is -2.87. The van der Waals surface area contributed by atoms with Crippen molar-refractivity contribution in [2.24, 2.45) is 5.41 Å². The third-order valence-electron chi connectivity index (χ3n) is 6.98. The maximum Gasteiger partial charge on any atom is 0.264 e. The lowest BCUT2D eigenvalue weighted by Crippen LogP contribution is -2.56. The fourth-order valence-electron chi connectivity index (χ4n) is 5.26. The monoisotopic (exact) mass is 408 g/mol. The van der Waals surface area contributed by atoms with Crippen LogP contribution in [0.25, 0.3) is 11.0 Å². The number of nitrogens with one attached hydrogen (secondary N) is 3. The molecule has 0 radical (unpaired) electrons. The number of rotatable bonds is 5. The standard InChI is InChI=1S/C22H28N6O2/c1-30-16-6-4-15(5-7-16)12-23-17-13-28(11-10-22(17)8-2-3-9-22)20-18-19(26-27-20)24-14-25-21(18)29/h4-7,14,17,23H,2-3,8-13H2,1H3,(H2,24,25,26,27,29). The molecule has 1 spiro atoms. The van der Waals surface area contributed by atoms with E-state index in [1.807, 2.05) is 12.1 Å². The highest BCUT2D eigenvalue weighted by molar-refractivity contribution is 5.86. The van der Waals surface area contributed by atoms with Crippen molar-refractivity contribution in [3.63, 3.8) is 0 Å². The fraction of sp³-hybridized carbons (Fsp3) is 0.500. The van der Waals surface area contributed by atoms with Gasteiger partial charge in [0.15, 0.2) is 11.5 Å². The molecule has 1 aromatic carbocycles. The van der Waals surface area contributed by atoms with Crippen LogP contribution in [-0.4, -0.2) is 46.4 Å². The highest BCUT2D eigenvalue weighted by Crippen LogP contribution is 2.47. The quantitative estimate of drug-likeness (QED) is 0.600. The van der Waals surface area contributed by atoms with Crippen LogP contribution in [0, 0.1) is 5.41 Å². The number of aromatic nitrogens is 4. The van der Waals surface area contributed by atoms with Crippen LogP contribution in [0.4, 0.5) is 5.82 Å². The van der Waals surface area contributed by atoms with E-state index in [1.165, 1.54) is 37.6 Å². The molecule has 2 aliphatic rings. The number of nitrogens with zero attached hydrogens (tertiary/aromatic N) is 3. The summed E-state index contributed by atoms with van der Waals surface area (Å²) in [5.41, 5.74) is 1.97. The SMILES string of the molecule is COc1ccc(CNC2CN(c3n[nH]c4nc[nH]c(=O)c34)CCC23CCCC3)cc1. The Bertz CT molecular complexity index is 1070. The van der Waals surface area contributed by atoms with Crippen LogP contribution in [0.5, 0.6) is 5.75 Å². The average Bonchev–Trinajstić information content (AvgIpc) is 3.42. The maximum atomic E-state index is 12.4. The fourth-order valence-corrected chi connectivity index (χ4v) is 5.26. The van der Waals surface area contributed by atoms with E-state index in [9.17, 15) is 4.79 Å². The molecule has 0 amide bonds. The number of piperidine rings is 1. The van der Waals surface area contributed by atoms with Crippen LogP contribution in [0.3, 0.4) is 0 Å². The van der Waals surface area contributed by atoms with Crippen molar-refractivity contribution in [2.75, 3.05) is 25.1 Å². The minimum Gasteiger partial charge on any atom is -0.497 e. The van der Waals surface area contributed by atoms with Gasteiger partial charge >= 0.3 is 0 Å². The Kier molecular flexibility index (Phi) is 4.94. The lowest BCUT2D eigenvalue weighted by Gasteiger charge is -2.46. The van der Waals surface area contributed by atoms with Crippen LogP contribution < -0.4 is 20.5 Å². The van der Waals surface area contributed by atoms with Gasteiger partial charge in [0.2, 0.25) is 0 Å². The zero-order chi connectivity index (χ0) is 20.6. The normalized spacial score (nSPS) is 20.8. The second-order valence-electron chi connectivity index (χ2n) is 8.55. The number of hydrogen-bond acceptors (Lipinski definition) is 6. The molecular weight excluding hydrogens is 380 g/mol. The van der Waals surface area contributed by atoms with Gasteiger partial charge in [-0.1, -0.05) is 25.0 Å². The van der Waals surface area contributed by atoms with Crippen molar-refractivity contribution in [1.29, 1.82) is 0 Å². The topological polar surface area (TPSA) is 98.9 Å². The molecule has 3 aromatic rings. The summed E-state index contributed by atoms with van der Waals surface area (Å²) in [6.07, 6.45) is 7.66. The van der Waals surface area contributed by atoms with Crippen LogP contribution in [0.15, 0.2) is 35.4 Å². The smallest absolute Gasteiger partial charge is 0.264 e. The van der Waals surface area contributed by atoms with Gasteiger partial charge in [-0.15, -0.1) is 0 Å². The van der Waals surface area contributed by atoms with Crippen molar-refractivity contribution in [2.45, 2.75) is 44.7 Å². The highest BCUT2D eigenvalue weighted by Gasteiger charge is 2.45. The molecule has 3 N–H and O–H groups in total. The van der Waals surface area contributed by atoms with Crippen molar-refractivity contribution in [3.05, 3.63) is 46.5 Å². The number of H-pyrrole nitrogens is 2. The maximum absolute atomic E-state index is 12.4. The van der Waals surface area contributed by atoms with Gasteiger partial charge in [0, 0.05) is 25.7 Å². The molecule has 1 saturated carbocycles. The molecule has 2 fully saturated rings. The predicted molar refractivity (Wildman–Crippen MR) is 116 cm³/mol. The van der Waals surface area contributed by atoms with Crippen molar-refractivity contribution in [3.8, 4) is 5.75 Å². The zero-order valence-corrected chi connectivity index (χ0v) is 17.3. The summed E-state index contributed by atoms with van der Waals surface area (Å²) in [4.78, 5) is 21.5. The van der Waals surface area contributed by atoms with Crippen LogP contribution in [0.2, 0.25) is 0 Å². The Morgan fingerprint density at radius 1 is 1.23 bits per heavy atom. The molecule has 1 aliphatic heterocycles. The molecule has 1 saturated heterocycles. The second kappa shape index (κ2) is 7.75. The summed E-state index contributed by atoms with van der Waals surface area (Å²) in [5, 5.41) is 11.7. The van der Waals surface area contributed by atoms with E-state index in [0.29, 0.717) is 28.3 Å². The molecule has 3 heterocycles. The first-order valence-electron chi connectivity index (χ1n) is 10.7. The van der Waals surface area contributed by atoms with Gasteiger partial charge < -0.3 is 19.9 Å². The lowest BCUT2D eigenvalue weighted by molar-refractivity contribution is 0.156. The van der Waals surface area contributed by atoms with Crippen molar-refractivity contribution in [1.82, 2.24) is 25.5 Å². The van der Waals surface area contributed by atoms with Crippen molar-refractivity contribution < 1.29 is 4.74 Å². The highest BCUT2D eigenvalue weighted by atomic mass is 16.5. The minimum absolute atomic E-state index is 0.146. The third-order valence-corrected chi connectivity index (χ3v) is 6.98. The molecule has 8 nitrogen and oxygen atoms in total. The lowest BCUT2D eigenvalue weighted by atomic mass is 9.73. The number of benzene rings is 1. The largest absolute Gasteiger partial charge is 0.497 e. The second-order valence-corrected chi connectivity index (χ2v) is 8.55. The molecule has 1 atom stereocenters. The molecule has 0 bridgehead atoms. The van der Waals surface area contributed by atoms with E-state index >= 15 is 0 Å². The molecule has 158 valence electrons. The summed E-state index contributed by atoms with van der Waals surface area (Å²) in [6.45, 7) is 2.56. The molecule has 1 aliphatic carbocycles. The summed E-state index contributed by atoms with van der Waals surface area (Å²) in [6, 6.07) is 8.58. The number of ether oxygens (including phenoxy) is 1. The number of hydrogen-bond donors (Lipinski definition) is 3. The number of methoxy groups -OCH3 is 1. The Balaban J connectivity index is 1.38. The summed E-state index contributed by atoms with van der Waals surface area (Å²) >= 11 is 0. The van der Waals surface area contributed by atoms with Gasteiger partial charge in [-0.2, -0.15) is 5.10 Å².